The Kier molecular flexibility index (Phi) is 5.42. The van der Waals surface area contributed by atoms with Crippen LogP contribution in [0.4, 0.5) is 5.95 Å². The predicted molar refractivity (Wildman–Crippen MR) is 109 cm³/mol. The van der Waals surface area contributed by atoms with Crippen molar-refractivity contribution >= 4 is 28.6 Å². The van der Waals surface area contributed by atoms with Crippen molar-refractivity contribution in [2.75, 3.05) is 25.0 Å². The van der Waals surface area contributed by atoms with Crippen LogP contribution in [0.15, 0.2) is 48.5 Å². The third-order valence-electron chi connectivity index (χ3n) is 5.14. The van der Waals surface area contributed by atoms with Gasteiger partial charge in [0.15, 0.2) is 0 Å². The number of likely N-dealkylation sites (tertiary alicyclic amines) is 1. The molecule has 1 aliphatic heterocycles. The lowest BCUT2D eigenvalue weighted by Crippen LogP contribution is -2.32. The van der Waals surface area contributed by atoms with Gasteiger partial charge in [0, 0.05) is 24.7 Å². The highest BCUT2D eigenvalue weighted by atomic mass is 35.5. The number of hydrogen-bond acceptors (Lipinski definition) is 3. The first-order valence-electron chi connectivity index (χ1n) is 9.46. The number of aromatic nitrogens is 2. The minimum atomic E-state index is 0.673. The first kappa shape index (κ1) is 17.4. The van der Waals surface area contributed by atoms with Crippen LogP contribution in [0.3, 0.4) is 0 Å². The van der Waals surface area contributed by atoms with Crippen molar-refractivity contribution in [3.8, 4) is 0 Å². The standard InChI is InChI=1S/C21H25ClN4/c22-18-9-3-2-8-17(18)16-23-21-24-19-10-4-5-11-20(19)26(21)15-14-25-12-6-1-7-13-25/h2-5,8-11H,1,6-7,12-16H2,(H,23,24). The average molecular weight is 369 g/mol. The van der Waals surface area contributed by atoms with E-state index in [-0.39, 0.29) is 0 Å². The predicted octanol–water partition coefficient (Wildman–Crippen LogP) is 4.79. The molecule has 136 valence electrons. The molecule has 0 aliphatic carbocycles. The van der Waals surface area contributed by atoms with E-state index in [9.17, 15) is 0 Å². The van der Waals surface area contributed by atoms with Gasteiger partial charge in [-0.1, -0.05) is 48.4 Å². The van der Waals surface area contributed by atoms with Gasteiger partial charge in [0.1, 0.15) is 0 Å². The van der Waals surface area contributed by atoms with Crippen LogP contribution in [-0.2, 0) is 13.1 Å². The molecule has 0 amide bonds. The summed E-state index contributed by atoms with van der Waals surface area (Å²) in [6.45, 7) is 5.13. The molecule has 5 heteroatoms. The summed E-state index contributed by atoms with van der Waals surface area (Å²) in [5.74, 6) is 0.920. The number of nitrogens with one attached hydrogen (secondary N) is 1. The van der Waals surface area contributed by atoms with E-state index in [0.717, 1.165) is 35.1 Å². The number of rotatable bonds is 6. The molecule has 1 fully saturated rings. The summed E-state index contributed by atoms with van der Waals surface area (Å²) >= 11 is 6.30. The fourth-order valence-corrected chi connectivity index (χ4v) is 3.88. The molecule has 1 saturated heterocycles. The van der Waals surface area contributed by atoms with Gasteiger partial charge in [0.05, 0.1) is 11.0 Å². The maximum atomic E-state index is 6.30. The molecule has 1 N–H and O–H groups in total. The number of para-hydroxylation sites is 2. The van der Waals surface area contributed by atoms with Crippen molar-refractivity contribution in [1.29, 1.82) is 0 Å². The smallest absolute Gasteiger partial charge is 0.204 e. The van der Waals surface area contributed by atoms with Gasteiger partial charge in [0.25, 0.3) is 0 Å². The fourth-order valence-electron chi connectivity index (χ4n) is 3.68. The summed E-state index contributed by atoms with van der Waals surface area (Å²) in [5, 5.41) is 4.28. The van der Waals surface area contributed by atoms with E-state index < -0.39 is 0 Å². The van der Waals surface area contributed by atoms with Crippen molar-refractivity contribution in [2.45, 2.75) is 32.4 Å². The molecule has 0 bridgehead atoms. The average Bonchev–Trinajstić information content (AvgIpc) is 3.04. The monoisotopic (exact) mass is 368 g/mol. The Morgan fingerprint density at radius 1 is 0.923 bits per heavy atom. The van der Waals surface area contributed by atoms with Crippen molar-refractivity contribution in [1.82, 2.24) is 14.5 Å². The van der Waals surface area contributed by atoms with Crippen LogP contribution in [0.2, 0.25) is 5.02 Å². The van der Waals surface area contributed by atoms with Crippen LogP contribution >= 0.6 is 11.6 Å². The highest BCUT2D eigenvalue weighted by Crippen LogP contribution is 2.22. The van der Waals surface area contributed by atoms with Gasteiger partial charge in [-0.25, -0.2) is 4.98 Å². The molecule has 4 nitrogen and oxygen atoms in total. The van der Waals surface area contributed by atoms with Crippen molar-refractivity contribution < 1.29 is 0 Å². The maximum absolute atomic E-state index is 6.30. The minimum absolute atomic E-state index is 0.673. The first-order chi connectivity index (χ1) is 12.8. The third-order valence-corrected chi connectivity index (χ3v) is 5.51. The van der Waals surface area contributed by atoms with Crippen LogP contribution in [0.5, 0.6) is 0 Å². The molecule has 0 spiro atoms. The first-order valence-corrected chi connectivity index (χ1v) is 9.84. The van der Waals surface area contributed by atoms with Gasteiger partial charge < -0.3 is 14.8 Å². The molecule has 0 atom stereocenters. The second-order valence-corrected chi connectivity index (χ2v) is 7.33. The van der Waals surface area contributed by atoms with Crippen LogP contribution in [0.25, 0.3) is 11.0 Å². The molecule has 0 unspecified atom stereocenters. The van der Waals surface area contributed by atoms with E-state index in [0.29, 0.717) is 6.54 Å². The summed E-state index contributed by atoms with van der Waals surface area (Å²) in [5.41, 5.74) is 3.31. The Labute approximate surface area is 159 Å². The lowest BCUT2D eigenvalue weighted by molar-refractivity contribution is 0.222. The number of piperidine rings is 1. The Morgan fingerprint density at radius 3 is 2.54 bits per heavy atom. The zero-order valence-electron chi connectivity index (χ0n) is 15.0. The maximum Gasteiger partial charge on any atom is 0.204 e. The largest absolute Gasteiger partial charge is 0.351 e. The van der Waals surface area contributed by atoms with E-state index in [2.05, 4.69) is 39.0 Å². The van der Waals surface area contributed by atoms with Crippen molar-refractivity contribution in [2.24, 2.45) is 0 Å². The number of hydrogen-bond donors (Lipinski definition) is 1. The fraction of sp³-hybridized carbons (Fsp3) is 0.381. The van der Waals surface area contributed by atoms with Crippen LogP contribution in [0, 0.1) is 0 Å². The topological polar surface area (TPSA) is 33.1 Å². The SMILES string of the molecule is Clc1ccccc1CNc1nc2ccccc2n1CCN1CCCCC1. The molecular formula is C21H25ClN4. The van der Waals surface area contributed by atoms with E-state index in [4.69, 9.17) is 16.6 Å². The summed E-state index contributed by atoms with van der Waals surface area (Å²) < 4.78 is 2.31. The summed E-state index contributed by atoms with van der Waals surface area (Å²) in [6.07, 6.45) is 4.01. The summed E-state index contributed by atoms with van der Waals surface area (Å²) in [4.78, 5) is 7.38. The highest BCUT2D eigenvalue weighted by molar-refractivity contribution is 6.31. The number of fused-ring (bicyclic) bond motifs is 1. The highest BCUT2D eigenvalue weighted by Gasteiger charge is 2.14. The molecular weight excluding hydrogens is 344 g/mol. The molecule has 0 radical (unpaired) electrons. The van der Waals surface area contributed by atoms with Crippen LogP contribution < -0.4 is 5.32 Å². The molecule has 3 aromatic rings. The number of anilines is 1. The van der Waals surface area contributed by atoms with Crippen molar-refractivity contribution in [3.63, 3.8) is 0 Å². The molecule has 2 aromatic carbocycles. The molecule has 0 saturated carbocycles. The van der Waals surface area contributed by atoms with Gasteiger partial charge in [0.2, 0.25) is 5.95 Å². The third kappa shape index (κ3) is 3.87. The Morgan fingerprint density at radius 2 is 1.69 bits per heavy atom. The van der Waals surface area contributed by atoms with Gasteiger partial charge in [-0.3, -0.25) is 0 Å². The molecule has 1 aliphatic rings. The normalized spacial score (nSPS) is 15.4. The molecule has 2 heterocycles. The number of nitrogens with zero attached hydrogens (tertiary/aromatic N) is 3. The molecule has 4 rings (SSSR count). The zero-order valence-corrected chi connectivity index (χ0v) is 15.8. The van der Waals surface area contributed by atoms with Crippen LogP contribution in [-0.4, -0.2) is 34.1 Å². The molecule has 26 heavy (non-hydrogen) atoms. The molecule has 1 aromatic heterocycles. The summed E-state index contributed by atoms with van der Waals surface area (Å²) in [6, 6.07) is 16.3. The second kappa shape index (κ2) is 8.11. The van der Waals surface area contributed by atoms with E-state index >= 15 is 0 Å². The van der Waals surface area contributed by atoms with E-state index in [1.54, 1.807) is 0 Å². The number of benzene rings is 2. The van der Waals surface area contributed by atoms with E-state index in [1.165, 1.54) is 37.9 Å². The minimum Gasteiger partial charge on any atom is -0.351 e. The lowest BCUT2D eigenvalue weighted by atomic mass is 10.1. The Hall–Kier alpha value is -2.04. The number of halogens is 1. The van der Waals surface area contributed by atoms with Gasteiger partial charge in [-0.05, 0) is 49.7 Å². The van der Waals surface area contributed by atoms with Gasteiger partial charge >= 0.3 is 0 Å². The van der Waals surface area contributed by atoms with Crippen LogP contribution in [0.1, 0.15) is 24.8 Å². The quantitative estimate of drug-likeness (QED) is 0.679. The van der Waals surface area contributed by atoms with E-state index in [1.807, 2.05) is 24.3 Å². The lowest BCUT2D eigenvalue weighted by Gasteiger charge is -2.26. The second-order valence-electron chi connectivity index (χ2n) is 6.92. The Balaban J connectivity index is 1.54. The number of imidazole rings is 1. The van der Waals surface area contributed by atoms with Crippen molar-refractivity contribution in [3.05, 3.63) is 59.1 Å². The summed E-state index contributed by atoms with van der Waals surface area (Å²) in [7, 11) is 0. The Bertz CT molecular complexity index is 867. The van der Waals surface area contributed by atoms with Gasteiger partial charge in [-0.15, -0.1) is 0 Å². The zero-order chi connectivity index (χ0) is 17.8. The van der Waals surface area contributed by atoms with Gasteiger partial charge in [-0.2, -0.15) is 0 Å².